The van der Waals surface area contributed by atoms with Crippen molar-refractivity contribution in [1.82, 2.24) is 15.2 Å². The van der Waals surface area contributed by atoms with Crippen LogP contribution in [-0.4, -0.2) is 79.2 Å². The second kappa shape index (κ2) is 15.7. The van der Waals surface area contributed by atoms with Crippen LogP contribution in [0.3, 0.4) is 0 Å². The summed E-state index contributed by atoms with van der Waals surface area (Å²) in [5.41, 5.74) is 4.28. The molecule has 326 valence electrons. The topological polar surface area (TPSA) is 109 Å². The summed E-state index contributed by atoms with van der Waals surface area (Å²) in [6, 6.07) is 3.68. The predicted molar refractivity (Wildman–Crippen MR) is 240 cm³/mol. The van der Waals surface area contributed by atoms with Gasteiger partial charge in [0.1, 0.15) is 0 Å². The molecule has 10 heteroatoms. The zero-order chi connectivity index (χ0) is 42.2. The molecule has 8 rings (SSSR count). The number of sulfone groups is 1. The Kier molecular flexibility index (Phi) is 11.6. The van der Waals surface area contributed by atoms with Crippen LogP contribution in [0.25, 0.3) is 0 Å². The largest absolute Gasteiger partial charge is 0.481 e. The highest BCUT2D eigenvalue weighted by atomic mass is 79.9. The van der Waals surface area contributed by atoms with Crippen LogP contribution < -0.4 is 10.1 Å². The van der Waals surface area contributed by atoms with E-state index in [0.29, 0.717) is 85.9 Å². The zero-order valence-electron chi connectivity index (χ0n) is 36.9. The van der Waals surface area contributed by atoms with Crippen LogP contribution in [-0.2, 0) is 14.6 Å². The van der Waals surface area contributed by atoms with Crippen molar-refractivity contribution >= 4 is 31.7 Å². The van der Waals surface area contributed by atoms with Crippen molar-refractivity contribution in [2.45, 2.75) is 131 Å². The standard InChI is InChI=1S/C49H72BrN3O5S/c1-33(2)36-12-20-49(52-25-26-53-27-30-59(56,57)31-28-53)22-21-46(6)38(42(36)49)8-9-40-45(5)16-13-37(44(3,4)39(45)14-17-47(40,46)7)34-10-18-48(19-11-34,43(54)55)23-29-58-41-32-35(50)15-24-51-41/h10,13,15,24,32,36,38-40,42,52H,1,8-9,11-12,14,16-23,25-31H2,2-7H3,(H,54,55)/t36-,38+,39-,40+,42+,45-,46+,47+,48?,49-/m0/s1. The SMILES string of the molecule is C=C(C)[C@@H]1CC[C@]2(NCCN3CCS(=O)(=O)CC3)CC[C@]3(C)[C@H](CC[C@@H]4[C@@]5(C)CC=C(C6=CCC(CCOc7cc(Br)ccn7)(C(=O)O)CC6)C(C)(C)[C@@H]5CC[C@]43C)[C@@H]12. The molecule has 0 spiro atoms. The first-order chi connectivity index (χ1) is 27.8. The molecule has 0 amide bonds. The Bertz CT molecular complexity index is 1980. The van der Waals surface area contributed by atoms with Crippen molar-refractivity contribution in [3.8, 4) is 5.88 Å². The fourth-order valence-corrected chi connectivity index (χ4v) is 17.1. The average molecular weight is 895 g/mol. The van der Waals surface area contributed by atoms with Crippen LogP contribution in [0.1, 0.15) is 125 Å². The number of carboxylic acid groups (broad SMARTS) is 1. The Morgan fingerprint density at radius 1 is 0.983 bits per heavy atom. The van der Waals surface area contributed by atoms with E-state index in [2.05, 4.69) is 91.4 Å². The minimum Gasteiger partial charge on any atom is -0.481 e. The lowest BCUT2D eigenvalue weighted by Crippen LogP contribution is -2.68. The molecule has 2 N–H and O–H groups in total. The molecule has 8 nitrogen and oxygen atoms in total. The highest BCUT2D eigenvalue weighted by molar-refractivity contribution is 9.10. The van der Waals surface area contributed by atoms with E-state index in [4.69, 9.17) is 4.74 Å². The summed E-state index contributed by atoms with van der Waals surface area (Å²) in [4.78, 5) is 19.4. The van der Waals surface area contributed by atoms with Crippen LogP contribution in [0.4, 0.5) is 0 Å². The number of aliphatic carboxylic acids is 1. The van der Waals surface area contributed by atoms with Gasteiger partial charge in [-0.05, 0) is 159 Å². The summed E-state index contributed by atoms with van der Waals surface area (Å²) in [6.07, 6.45) is 20.2. The van der Waals surface area contributed by atoms with E-state index in [1.165, 1.54) is 68.1 Å². The van der Waals surface area contributed by atoms with Crippen molar-refractivity contribution in [1.29, 1.82) is 0 Å². The quantitative estimate of drug-likeness (QED) is 0.212. The zero-order valence-corrected chi connectivity index (χ0v) is 39.3. The molecule has 1 aromatic heterocycles. The highest BCUT2D eigenvalue weighted by Gasteiger charge is 2.70. The van der Waals surface area contributed by atoms with E-state index in [1.807, 2.05) is 12.1 Å². The Balaban J connectivity index is 0.991. The highest BCUT2D eigenvalue weighted by Crippen LogP contribution is 2.76. The van der Waals surface area contributed by atoms with Gasteiger partial charge in [0.25, 0.3) is 0 Å². The molecule has 2 heterocycles. The molecule has 4 saturated carbocycles. The van der Waals surface area contributed by atoms with Crippen molar-refractivity contribution in [2.75, 3.05) is 44.3 Å². The number of hydrogen-bond donors (Lipinski definition) is 2. The third-order valence-electron chi connectivity index (χ3n) is 18.9. The first-order valence-corrected chi connectivity index (χ1v) is 25.6. The van der Waals surface area contributed by atoms with E-state index >= 15 is 0 Å². The molecule has 6 aliphatic carbocycles. The number of carbonyl (C=O) groups is 1. The number of pyridine rings is 1. The van der Waals surface area contributed by atoms with Crippen molar-refractivity contribution in [3.05, 3.63) is 58.3 Å². The number of fused-ring (bicyclic) bond motifs is 7. The molecule has 10 atom stereocenters. The summed E-state index contributed by atoms with van der Waals surface area (Å²) >= 11 is 3.47. The Morgan fingerprint density at radius 2 is 1.75 bits per heavy atom. The minimum atomic E-state index is -2.87. The molecule has 59 heavy (non-hydrogen) atoms. The summed E-state index contributed by atoms with van der Waals surface area (Å²) < 4.78 is 31.0. The van der Waals surface area contributed by atoms with Gasteiger partial charge in [0.2, 0.25) is 5.88 Å². The fourth-order valence-electron chi connectivity index (χ4n) is 15.5. The average Bonchev–Trinajstić information content (AvgIpc) is 3.56. The Morgan fingerprint density at radius 3 is 2.42 bits per heavy atom. The van der Waals surface area contributed by atoms with Gasteiger partial charge in [-0.25, -0.2) is 13.4 Å². The van der Waals surface area contributed by atoms with Gasteiger partial charge in [0, 0.05) is 48.5 Å². The van der Waals surface area contributed by atoms with Crippen LogP contribution in [0.15, 0.2) is 58.3 Å². The van der Waals surface area contributed by atoms with E-state index in [9.17, 15) is 18.3 Å². The lowest BCUT2D eigenvalue weighted by atomic mass is 9.33. The van der Waals surface area contributed by atoms with Crippen LogP contribution in [0, 0.1) is 56.7 Å². The molecule has 0 bridgehead atoms. The molecule has 1 aliphatic heterocycles. The monoisotopic (exact) mass is 893 g/mol. The van der Waals surface area contributed by atoms with Gasteiger partial charge in [-0.2, -0.15) is 0 Å². The maximum absolute atomic E-state index is 12.8. The number of hydrogen-bond acceptors (Lipinski definition) is 7. The molecule has 7 aliphatic rings. The summed E-state index contributed by atoms with van der Waals surface area (Å²) in [7, 11) is -2.87. The number of aromatic nitrogens is 1. The van der Waals surface area contributed by atoms with E-state index < -0.39 is 21.2 Å². The van der Waals surface area contributed by atoms with Gasteiger partial charge < -0.3 is 20.1 Å². The van der Waals surface area contributed by atoms with Crippen molar-refractivity contribution < 1.29 is 23.1 Å². The molecule has 5 fully saturated rings. The lowest BCUT2D eigenvalue weighted by Gasteiger charge is -2.72. The third kappa shape index (κ3) is 7.35. The number of ether oxygens (including phenoxy) is 1. The second-order valence-electron chi connectivity index (χ2n) is 21.7. The van der Waals surface area contributed by atoms with E-state index in [1.54, 1.807) is 6.20 Å². The molecular weight excluding hydrogens is 823 g/mol. The van der Waals surface area contributed by atoms with Gasteiger partial charge in [-0.15, -0.1) is 0 Å². The second-order valence-corrected chi connectivity index (χ2v) is 25.0. The van der Waals surface area contributed by atoms with Gasteiger partial charge >= 0.3 is 5.97 Å². The lowest BCUT2D eigenvalue weighted by molar-refractivity contribution is -0.221. The van der Waals surface area contributed by atoms with E-state index in [0.717, 1.165) is 30.4 Å². The first kappa shape index (κ1) is 43.6. The Hall–Kier alpha value is -2.01. The molecule has 0 aromatic carbocycles. The summed E-state index contributed by atoms with van der Waals surface area (Å²) in [5, 5.41) is 14.7. The number of carboxylic acids is 1. The Labute approximate surface area is 363 Å². The first-order valence-electron chi connectivity index (χ1n) is 23.0. The predicted octanol–water partition coefficient (Wildman–Crippen LogP) is 10.1. The smallest absolute Gasteiger partial charge is 0.310 e. The third-order valence-corrected chi connectivity index (χ3v) is 21.0. The maximum atomic E-state index is 12.8. The summed E-state index contributed by atoms with van der Waals surface area (Å²) in [5.74, 6) is 3.43. The van der Waals surface area contributed by atoms with Gasteiger partial charge in [-0.3, -0.25) is 4.79 Å². The van der Waals surface area contributed by atoms with Crippen LogP contribution in [0.2, 0.25) is 0 Å². The molecule has 1 saturated heterocycles. The molecule has 0 radical (unpaired) electrons. The van der Waals surface area contributed by atoms with Crippen molar-refractivity contribution in [2.24, 2.45) is 56.7 Å². The van der Waals surface area contributed by atoms with Crippen LogP contribution in [0.5, 0.6) is 5.88 Å². The molecule has 1 aromatic rings. The molecular formula is C49H72BrN3O5S. The molecule has 1 unspecified atom stereocenters. The van der Waals surface area contributed by atoms with Gasteiger partial charge in [-0.1, -0.05) is 74.9 Å². The van der Waals surface area contributed by atoms with E-state index in [-0.39, 0.29) is 27.2 Å². The maximum Gasteiger partial charge on any atom is 0.310 e. The van der Waals surface area contributed by atoms with Gasteiger partial charge in [0.05, 0.1) is 23.5 Å². The van der Waals surface area contributed by atoms with Gasteiger partial charge in [0.15, 0.2) is 9.84 Å². The van der Waals surface area contributed by atoms with Crippen LogP contribution >= 0.6 is 15.9 Å². The number of nitrogens with zero attached hydrogens (tertiary/aromatic N) is 2. The number of rotatable bonds is 11. The van der Waals surface area contributed by atoms with Crippen molar-refractivity contribution in [3.63, 3.8) is 0 Å². The number of allylic oxidation sites excluding steroid dienone is 5. The fraction of sp³-hybridized carbons (Fsp3) is 0.755. The number of nitrogens with one attached hydrogen (secondary N) is 1. The minimum absolute atomic E-state index is 0.0112. The normalized spacial score (nSPS) is 41.3. The number of halogens is 1. The summed E-state index contributed by atoms with van der Waals surface area (Å²) in [6.45, 7) is 23.5.